The molecule has 1 N–H and O–H groups in total. The minimum Gasteiger partial charge on any atom is -0.376 e. The number of rotatable bonds is 10. The van der Waals surface area contributed by atoms with Gasteiger partial charge in [-0.3, -0.25) is 4.57 Å². The van der Waals surface area contributed by atoms with Crippen molar-refractivity contribution in [1.29, 1.82) is 0 Å². The van der Waals surface area contributed by atoms with Crippen LogP contribution in [0.1, 0.15) is 50.9 Å². The topological polar surface area (TPSA) is 55.8 Å². The lowest BCUT2D eigenvalue weighted by Crippen LogP contribution is -2.08. The monoisotopic (exact) mass is 318 g/mol. The lowest BCUT2D eigenvalue weighted by atomic mass is 10.2. The first-order chi connectivity index (χ1) is 10.0. The average Bonchev–Trinajstić information content (AvgIpc) is 2.48. The maximum Gasteiger partial charge on any atom is 0.363 e. The first-order valence-corrected chi connectivity index (χ1v) is 8.97. The molecule has 1 aromatic rings. The van der Waals surface area contributed by atoms with Gasteiger partial charge in [-0.1, -0.05) is 38.8 Å². The molecule has 6 heteroatoms. The first-order valence-electron chi connectivity index (χ1n) is 7.35. The molecule has 0 saturated carbocycles. The maximum atomic E-state index is 12.9. The summed E-state index contributed by atoms with van der Waals surface area (Å²) in [5, 5.41) is 10.3. The summed E-state index contributed by atoms with van der Waals surface area (Å²) in [4.78, 5) is 0. The maximum absolute atomic E-state index is 12.9. The molecule has 0 aromatic heterocycles. The Morgan fingerprint density at radius 3 is 2.00 bits per heavy atom. The molecule has 0 spiro atoms. The number of aliphatic hydroxyl groups is 1. The van der Waals surface area contributed by atoms with Crippen LogP contribution >= 0.6 is 7.60 Å². The van der Waals surface area contributed by atoms with Crippen LogP contribution in [0.5, 0.6) is 0 Å². The number of unbranched alkanes of at least 4 members (excludes halogenated alkanes) is 2. The molecule has 21 heavy (non-hydrogen) atoms. The van der Waals surface area contributed by atoms with Crippen LogP contribution in [0.3, 0.4) is 0 Å². The summed E-state index contributed by atoms with van der Waals surface area (Å²) < 4.78 is 36.4. The highest BCUT2D eigenvalue weighted by Crippen LogP contribution is 2.59. The molecule has 1 rings (SSSR count). The van der Waals surface area contributed by atoms with Crippen molar-refractivity contribution in [2.24, 2.45) is 0 Å². The highest BCUT2D eigenvalue weighted by atomic mass is 31.2. The Bertz CT molecular complexity index is 435. The van der Waals surface area contributed by atoms with Crippen LogP contribution < -0.4 is 0 Å². The molecule has 0 fully saturated rings. The van der Waals surface area contributed by atoms with Gasteiger partial charge in [-0.15, -0.1) is 0 Å². The average molecular weight is 318 g/mol. The molecule has 0 aliphatic rings. The molecular weight excluding hydrogens is 294 g/mol. The van der Waals surface area contributed by atoms with Crippen molar-refractivity contribution >= 4 is 7.60 Å². The van der Waals surface area contributed by atoms with Gasteiger partial charge in [0.25, 0.3) is 0 Å². The third-order valence-corrected chi connectivity index (χ3v) is 4.99. The number of halogens is 1. The molecule has 4 nitrogen and oxygen atoms in total. The molecule has 0 heterocycles. The predicted molar refractivity (Wildman–Crippen MR) is 80.7 cm³/mol. The first kappa shape index (κ1) is 18.3. The minimum absolute atomic E-state index is 0.262. The van der Waals surface area contributed by atoms with E-state index in [-0.39, 0.29) is 13.2 Å². The van der Waals surface area contributed by atoms with E-state index in [0.717, 1.165) is 25.7 Å². The molecule has 0 radical (unpaired) electrons. The fourth-order valence-corrected chi connectivity index (χ4v) is 3.33. The summed E-state index contributed by atoms with van der Waals surface area (Å²) in [7, 11) is -3.67. The molecule has 0 amide bonds. The summed E-state index contributed by atoms with van der Waals surface area (Å²) in [5.41, 5.74) is 0.327. The quantitative estimate of drug-likeness (QED) is 0.504. The third kappa shape index (κ3) is 5.87. The van der Waals surface area contributed by atoms with Gasteiger partial charge in [0.15, 0.2) is 5.85 Å². The zero-order valence-electron chi connectivity index (χ0n) is 12.6. The standard InChI is InChI=1S/C15H24FO4P/c1-3-5-11-19-21(18,20-12-6-4-2)15(17)13-7-9-14(16)10-8-13/h7-10,15,17H,3-6,11-12H2,1-2H3/t15-/m1/s1. The van der Waals surface area contributed by atoms with Crippen LogP contribution in [0, 0.1) is 5.82 Å². The van der Waals surface area contributed by atoms with E-state index in [1.54, 1.807) is 0 Å². The molecule has 120 valence electrons. The van der Waals surface area contributed by atoms with Gasteiger partial charge in [-0.2, -0.15) is 0 Å². The summed E-state index contributed by atoms with van der Waals surface area (Å²) in [6, 6.07) is 5.19. The number of benzene rings is 1. The molecule has 0 unspecified atom stereocenters. The van der Waals surface area contributed by atoms with Gasteiger partial charge < -0.3 is 14.2 Å². The minimum atomic E-state index is -3.67. The zero-order chi connectivity index (χ0) is 15.7. The van der Waals surface area contributed by atoms with Gasteiger partial charge in [0, 0.05) is 0 Å². The van der Waals surface area contributed by atoms with Crippen molar-refractivity contribution in [3.05, 3.63) is 35.6 Å². The number of aliphatic hydroxyl groups excluding tert-OH is 1. The zero-order valence-corrected chi connectivity index (χ0v) is 13.5. The van der Waals surface area contributed by atoms with E-state index in [4.69, 9.17) is 9.05 Å². The van der Waals surface area contributed by atoms with Crippen LogP contribution in [-0.4, -0.2) is 18.3 Å². The van der Waals surface area contributed by atoms with Gasteiger partial charge in [-0.05, 0) is 30.5 Å². The lowest BCUT2D eigenvalue weighted by molar-refractivity contribution is 0.139. The Balaban J connectivity index is 2.82. The van der Waals surface area contributed by atoms with E-state index in [2.05, 4.69) is 0 Å². The molecule has 0 saturated heterocycles. The van der Waals surface area contributed by atoms with Crippen LogP contribution in [0.2, 0.25) is 0 Å². The van der Waals surface area contributed by atoms with Crippen molar-refractivity contribution in [1.82, 2.24) is 0 Å². The Morgan fingerprint density at radius 1 is 1.10 bits per heavy atom. The summed E-state index contributed by atoms with van der Waals surface area (Å²) in [6.45, 7) is 4.50. The van der Waals surface area contributed by atoms with Gasteiger partial charge in [0.1, 0.15) is 5.82 Å². The van der Waals surface area contributed by atoms with Crippen LogP contribution in [-0.2, 0) is 13.6 Å². The molecule has 0 bridgehead atoms. The second-order valence-corrected chi connectivity index (χ2v) is 6.92. The number of hydrogen-bond donors (Lipinski definition) is 1. The van der Waals surface area contributed by atoms with E-state index in [9.17, 15) is 14.1 Å². The second-order valence-electron chi connectivity index (χ2n) is 4.84. The van der Waals surface area contributed by atoms with E-state index in [1.807, 2.05) is 13.8 Å². The fourth-order valence-electron chi connectivity index (χ4n) is 1.67. The van der Waals surface area contributed by atoms with Gasteiger partial charge in [0.2, 0.25) is 0 Å². The summed E-state index contributed by atoms with van der Waals surface area (Å²) in [6.07, 6.45) is 3.25. The lowest BCUT2D eigenvalue weighted by Gasteiger charge is -2.23. The largest absolute Gasteiger partial charge is 0.376 e. The normalized spacial score (nSPS) is 13.3. The Morgan fingerprint density at radius 2 is 1.57 bits per heavy atom. The van der Waals surface area contributed by atoms with Crippen molar-refractivity contribution in [2.45, 2.75) is 45.4 Å². The highest BCUT2D eigenvalue weighted by Gasteiger charge is 2.35. The van der Waals surface area contributed by atoms with E-state index < -0.39 is 19.3 Å². The van der Waals surface area contributed by atoms with E-state index in [1.165, 1.54) is 24.3 Å². The summed E-state index contributed by atoms with van der Waals surface area (Å²) in [5.74, 6) is -1.81. The van der Waals surface area contributed by atoms with Crippen LogP contribution in [0.4, 0.5) is 4.39 Å². The van der Waals surface area contributed by atoms with Gasteiger partial charge >= 0.3 is 7.60 Å². The smallest absolute Gasteiger partial charge is 0.363 e. The van der Waals surface area contributed by atoms with Gasteiger partial charge in [-0.25, -0.2) is 4.39 Å². The highest BCUT2D eigenvalue weighted by molar-refractivity contribution is 7.54. The SMILES string of the molecule is CCCCOP(=O)(OCCCC)[C@@H](O)c1ccc(F)cc1. The van der Waals surface area contributed by atoms with E-state index in [0.29, 0.717) is 5.56 Å². The molecule has 1 aromatic carbocycles. The molecule has 0 aliphatic carbocycles. The van der Waals surface area contributed by atoms with E-state index >= 15 is 0 Å². The van der Waals surface area contributed by atoms with Gasteiger partial charge in [0.05, 0.1) is 13.2 Å². The third-order valence-electron chi connectivity index (χ3n) is 3.01. The van der Waals surface area contributed by atoms with Crippen molar-refractivity contribution in [3.63, 3.8) is 0 Å². The Hall–Kier alpha value is -0.740. The molecular formula is C15H24FO4P. The summed E-state index contributed by atoms with van der Waals surface area (Å²) >= 11 is 0. The van der Waals surface area contributed by atoms with Crippen LogP contribution in [0.25, 0.3) is 0 Å². The van der Waals surface area contributed by atoms with Crippen LogP contribution in [0.15, 0.2) is 24.3 Å². The number of hydrogen-bond acceptors (Lipinski definition) is 4. The van der Waals surface area contributed by atoms with Crippen molar-refractivity contribution in [2.75, 3.05) is 13.2 Å². The Kier molecular flexibility index (Phi) is 8.12. The van der Waals surface area contributed by atoms with Crippen molar-refractivity contribution < 1.29 is 23.1 Å². The fraction of sp³-hybridized carbons (Fsp3) is 0.600. The predicted octanol–water partition coefficient (Wildman–Crippen LogP) is 4.64. The van der Waals surface area contributed by atoms with Crippen molar-refractivity contribution in [3.8, 4) is 0 Å². The molecule has 1 atom stereocenters. The second kappa shape index (κ2) is 9.31. The molecule has 0 aliphatic heterocycles. The Labute approximate surface area is 125 Å².